The van der Waals surface area contributed by atoms with Gasteiger partial charge in [-0.1, -0.05) is 18.2 Å². The molecule has 0 spiro atoms. The molecule has 1 unspecified atom stereocenters. The van der Waals surface area contributed by atoms with E-state index < -0.39 is 6.10 Å². The van der Waals surface area contributed by atoms with Crippen molar-refractivity contribution in [2.75, 3.05) is 13.2 Å². The van der Waals surface area contributed by atoms with Gasteiger partial charge < -0.3 is 14.9 Å². The molecule has 1 aliphatic heterocycles. The second-order valence-electron chi connectivity index (χ2n) is 3.53. The van der Waals surface area contributed by atoms with Crippen LogP contribution in [0.25, 0.3) is 0 Å². The first-order valence-electron chi connectivity index (χ1n) is 4.79. The van der Waals surface area contributed by atoms with Gasteiger partial charge in [-0.15, -0.1) is 0 Å². The third-order valence-electron chi connectivity index (χ3n) is 2.56. The SMILES string of the molecule is OCC(O)c1ccc2c(c1)CCOC2. The third kappa shape index (κ3) is 1.80. The van der Waals surface area contributed by atoms with E-state index in [2.05, 4.69) is 0 Å². The van der Waals surface area contributed by atoms with Gasteiger partial charge in [0.05, 0.1) is 19.8 Å². The lowest BCUT2D eigenvalue weighted by Crippen LogP contribution is -2.11. The third-order valence-corrected chi connectivity index (χ3v) is 2.56. The normalized spacial score (nSPS) is 17.6. The fraction of sp³-hybridized carbons (Fsp3) is 0.455. The van der Waals surface area contributed by atoms with E-state index in [1.807, 2.05) is 18.2 Å². The summed E-state index contributed by atoms with van der Waals surface area (Å²) in [7, 11) is 0. The van der Waals surface area contributed by atoms with Gasteiger partial charge in [0.25, 0.3) is 0 Å². The molecule has 76 valence electrons. The second kappa shape index (κ2) is 4.09. The van der Waals surface area contributed by atoms with Gasteiger partial charge in [-0.05, 0) is 23.1 Å². The van der Waals surface area contributed by atoms with Gasteiger partial charge in [0.15, 0.2) is 0 Å². The molecule has 1 aromatic carbocycles. The highest BCUT2D eigenvalue weighted by molar-refractivity contribution is 5.33. The Balaban J connectivity index is 2.29. The standard InChI is InChI=1S/C11H14O3/c12-6-11(13)9-1-2-10-7-14-4-3-8(10)5-9/h1-2,5,11-13H,3-4,6-7H2. The van der Waals surface area contributed by atoms with E-state index >= 15 is 0 Å². The molecule has 3 nitrogen and oxygen atoms in total. The van der Waals surface area contributed by atoms with Crippen molar-refractivity contribution in [1.82, 2.24) is 0 Å². The Labute approximate surface area is 83.0 Å². The first-order valence-corrected chi connectivity index (χ1v) is 4.79. The Kier molecular flexibility index (Phi) is 2.82. The van der Waals surface area contributed by atoms with E-state index in [9.17, 15) is 5.11 Å². The summed E-state index contributed by atoms with van der Waals surface area (Å²) in [6.45, 7) is 1.17. The summed E-state index contributed by atoms with van der Waals surface area (Å²) in [6, 6.07) is 5.76. The highest BCUT2D eigenvalue weighted by Crippen LogP contribution is 2.21. The lowest BCUT2D eigenvalue weighted by atomic mass is 9.98. The van der Waals surface area contributed by atoms with Crippen molar-refractivity contribution in [3.8, 4) is 0 Å². The largest absolute Gasteiger partial charge is 0.393 e. The van der Waals surface area contributed by atoms with Crippen molar-refractivity contribution in [2.24, 2.45) is 0 Å². The lowest BCUT2D eigenvalue weighted by molar-refractivity contribution is 0.0943. The van der Waals surface area contributed by atoms with Crippen LogP contribution in [0.2, 0.25) is 0 Å². The Morgan fingerprint density at radius 2 is 2.21 bits per heavy atom. The summed E-state index contributed by atoms with van der Waals surface area (Å²) in [5.74, 6) is 0. The Morgan fingerprint density at radius 3 is 3.00 bits per heavy atom. The Morgan fingerprint density at radius 1 is 1.36 bits per heavy atom. The van der Waals surface area contributed by atoms with E-state index in [1.54, 1.807) is 0 Å². The molecule has 0 fully saturated rings. The minimum atomic E-state index is -0.761. The minimum Gasteiger partial charge on any atom is -0.393 e. The van der Waals surface area contributed by atoms with Crippen LogP contribution in [0.3, 0.4) is 0 Å². The van der Waals surface area contributed by atoms with Crippen LogP contribution in [0.5, 0.6) is 0 Å². The molecule has 0 saturated carbocycles. The summed E-state index contributed by atoms with van der Waals surface area (Å²) in [5, 5.41) is 18.3. The molecule has 0 bridgehead atoms. The zero-order chi connectivity index (χ0) is 9.97. The number of benzene rings is 1. The van der Waals surface area contributed by atoms with Gasteiger partial charge in [0, 0.05) is 0 Å². The van der Waals surface area contributed by atoms with Gasteiger partial charge >= 0.3 is 0 Å². The average Bonchev–Trinajstić information content (AvgIpc) is 2.27. The second-order valence-corrected chi connectivity index (χ2v) is 3.53. The molecule has 3 heteroatoms. The quantitative estimate of drug-likeness (QED) is 0.731. The van der Waals surface area contributed by atoms with E-state index in [0.717, 1.165) is 18.6 Å². The van der Waals surface area contributed by atoms with Gasteiger partial charge in [-0.25, -0.2) is 0 Å². The summed E-state index contributed by atoms with van der Waals surface area (Å²) in [5.41, 5.74) is 3.19. The molecule has 1 heterocycles. The Hall–Kier alpha value is -0.900. The van der Waals surface area contributed by atoms with Crippen LogP contribution in [0.15, 0.2) is 18.2 Å². The maximum atomic E-state index is 9.45. The molecule has 2 N–H and O–H groups in total. The fourth-order valence-electron chi connectivity index (χ4n) is 1.70. The van der Waals surface area contributed by atoms with Crippen LogP contribution in [-0.2, 0) is 17.8 Å². The van der Waals surface area contributed by atoms with E-state index in [1.165, 1.54) is 11.1 Å². The topological polar surface area (TPSA) is 49.7 Å². The smallest absolute Gasteiger partial charge is 0.102 e. The van der Waals surface area contributed by atoms with Crippen LogP contribution in [0.4, 0.5) is 0 Å². The number of aliphatic hydroxyl groups is 2. The molecule has 0 aliphatic carbocycles. The summed E-state index contributed by atoms with van der Waals surface area (Å²) in [4.78, 5) is 0. The van der Waals surface area contributed by atoms with Crippen LogP contribution in [-0.4, -0.2) is 23.4 Å². The molecule has 1 aromatic rings. The zero-order valence-electron chi connectivity index (χ0n) is 7.94. The molecule has 2 rings (SSSR count). The maximum absolute atomic E-state index is 9.45. The van der Waals surface area contributed by atoms with Crippen molar-refractivity contribution in [3.63, 3.8) is 0 Å². The number of hydrogen-bond donors (Lipinski definition) is 2. The van der Waals surface area contributed by atoms with Gasteiger partial charge in [0.1, 0.15) is 6.10 Å². The highest BCUT2D eigenvalue weighted by Gasteiger charge is 2.12. The lowest BCUT2D eigenvalue weighted by Gasteiger charge is -2.18. The fourth-order valence-corrected chi connectivity index (χ4v) is 1.70. The molecule has 0 radical (unpaired) electrons. The van der Waals surface area contributed by atoms with E-state index in [4.69, 9.17) is 9.84 Å². The molecule has 14 heavy (non-hydrogen) atoms. The Bertz CT molecular complexity index is 322. The molecular weight excluding hydrogens is 180 g/mol. The molecule has 0 saturated heterocycles. The monoisotopic (exact) mass is 194 g/mol. The summed E-state index contributed by atoms with van der Waals surface area (Å²) < 4.78 is 5.31. The first-order chi connectivity index (χ1) is 6.81. The van der Waals surface area contributed by atoms with Gasteiger partial charge in [-0.2, -0.15) is 0 Å². The van der Waals surface area contributed by atoms with Crippen molar-refractivity contribution >= 4 is 0 Å². The minimum absolute atomic E-state index is 0.227. The highest BCUT2D eigenvalue weighted by atomic mass is 16.5. The number of ether oxygens (including phenoxy) is 1. The van der Waals surface area contributed by atoms with Crippen LogP contribution < -0.4 is 0 Å². The number of rotatable bonds is 2. The number of aliphatic hydroxyl groups excluding tert-OH is 2. The number of fused-ring (bicyclic) bond motifs is 1. The van der Waals surface area contributed by atoms with Crippen molar-refractivity contribution < 1.29 is 14.9 Å². The summed E-state index contributed by atoms with van der Waals surface area (Å²) >= 11 is 0. The molecule has 1 atom stereocenters. The first kappa shape index (κ1) is 9.65. The van der Waals surface area contributed by atoms with Crippen molar-refractivity contribution in [3.05, 3.63) is 34.9 Å². The number of hydrogen-bond acceptors (Lipinski definition) is 3. The summed E-state index contributed by atoms with van der Waals surface area (Å²) in [6.07, 6.45) is 0.129. The molecule has 0 aromatic heterocycles. The van der Waals surface area contributed by atoms with E-state index in [-0.39, 0.29) is 6.61 Å². The van der Waals surface area contributed by atoms with Crippen molar-refractivity contribution in [1.29, 1.82) is 0 Å². The average molecular weight is 194 g/mol. The molecule has 1 aliphatic rings. The zero-order valence-corrected chi connectivity index (χ0v) is 7.94. The van der Waals surface area contributed by atoms with Crippen molar-refractivity contribution in [2.45, 2.75) is 19.1 Å². The van der Waals surface area contributed by atoms with Gasteiger partial charge in [-0.3, -0.25) is 0 Å². The molecule has 0 amide bonds. The van der Waals surface area contributed by atoms with Gasteiger partial charge in [0.2, 0.25) is 0 Å². The predicted octanol–water partition coefficient (Wildman–Crippen LogP) is 0.785. The van der Waals surface area contributed by atoms with E-state index in [0.29, 0.717) is 6.61 Å². The molecular formula is C11H14O3. The van der Waals surface area contributed by atoms with Crippen LogP contribution in [0, 0.1) is 0 Å². The van der Waals surface area contributed by atoms with Crippen LogP contribution in [0.1, 0.15) is 22.8 Å². The predicted molar refractivity (Wildman–Crippen MR) is 51.8 cm³/mol. The maximum Gasteiger partial charge on any atom is 0.102 e. The van der Waals surface area contributed by atoms with Crippen LogP contribution >= 0.6 is 0 Å².